The number of hydrogen-bond donors (Lipinski definition) is 0. The fraction of sp³-hybridized carbons (Fsp3) is 0.286. The largest absolute Gasteiger partial charge is 0.457 e. The Labute approximate surface area is 105 Å². The number of rotatable bonds is 5. The van der Waals surface area contributed by atoms with Gasteiger partial charge in [0.05, 0.1) is 0 Å². The maximum Gasteiger partial charge on any atom is 0.271 e. The number of carbonyl (C=O) groups is 2. The number of ketones is 2. The zero-order valence-corrected chi connectivity index (χ0v) is 10.4. The van der Waals surface area contributed by atoms with E-state index in [-0.39, 0.29) is 11.5 Å². The number of furan rings is 2. The summed E-state index contributed by atoms with van der Waals surface area (Å²) in [5, 5.41) is 0. The van der Waals surface area contributed by atoms with Crippen molar-refractivity contribution < 1.29 is 18.4 Å². The Balaban J connectivity index is 2.20. The maximum atomic E-state index is 11.9. The van der Waals surface area contributed by atoms with Crippen LogP contribution in [-0.2, 0) is 12.8 Å². The van der Waals surface area contributed by atoms with Gasteiger partial charge in [-0.25, -0.2) is 0 Å². The molecule has 18 heavy (non-hydrogen) atoms. The lowest BCUT2D eigenvalue weighted by Crippen LogP contribution is -2.12. The van der Waals surface area contributed by atoms with Gasteiger partial charge in [0.2, 0.25) is 0 Å². The van der Waals surface area contributed by atoms with Crippen molar-refractivity contribution in [3.63, 3.8) is 0 Å². The molecule has 4 nitrogen and oxygen atoms in total. The first-order valence-electron chi connectivity index (χ1n) is 5.92. The molecule has 94 valence electrons. The Hall–Kier alpha value is -2.10. The van der Waals surface area contributed by atoms with E-state index < -0.39 is 11.6 Å². The van der Waals surface area contributed by atoms with Crippen LogP contribution in [0.15, 0.2) is 33.1 Å². The van der Waals surface area contributed by atoms with E-state index >= 15 is 0 Å². The highest BCUT2D eigenvalue weighted by molar-refractivity contribution is 6.47. The van der Waals surface area contributed by atoms with Crippen molar-refractivity contribution in [3.05, 3.63) is 47.3 Å². The molecule has 0 unspecified atom stereocenters. The first kappa shape index (κ1) is 12.4. The third-order valence-corrected chi connectivity index (χ3v) is 2.67. The molecule has 4 heteroatoms. The van der Waals surface area contributed by atoms with Crippen molar-refractivity contribution in [2.75, 3.05) is 0 Å². The van der Waals surface area contributed by atoms with E-state index in [0.29, 0.717) is 24.4 Å². The summed E-state index contributed by atoms with van der Waals surface area (Å²) >= 11 is 0. The van der Waals surface area contributed by atoms with Gasteiger partial charge in [-0.05, 0) is 24.3 Å². The van der Waals surface area contributed by atoms with Gasteiger partial charge in [0, 0.05) is 12.8 Å². The van der Waals surface area contributed by atoms with Gasteiger partial charge in [0.15, 0.2) is 11.5 Å². The number of Topliss-reactive ketones (excluding diaryl/α,β-unsaturated/α-hetero) is 2. The molecule has 2 aromatic rings. The maximum absolute atomic E-state index is 11.9. The summed E-state index contributed by atoms with van der Waals surface area (Å²) in [6.07, 6.45) is 1.37. The standard InChI is InChI=1S/C14H14O4/c1-3-9-5-7-11(17-9)13(15)14(16)12-8-6-10(4-2)18-12/h5-8H,3-4H2,1-2H3. The average molecular weight is 246 g/mol. The first-order valence-corrected chi connectivity index (χ1v) is 5.92. The molecule has 0 aromatic carbocycles. The molecule has 0 saturated heterocycles. The van der Waals surface area contributed by atoms with Crippen LogP contribution in [0.5, 0.6) is 0 Å². The second-order valence-electron chi connectivity index (χ2n) is 3.90. The Morgan fingerprint density at radius 2 is 1.22 bits per heavy atom. The molecule has 0 spiro atoms. The van der Waals surface area contributed by atoms with E-state index in [9.17, 15) is 9.59 Å². The molecule has 0 aliphatic carbocycles. The van der Waals surface area contributed by atoms with E-state index in [1.807, 2.05) is 13.8 Å². The van der Waals surface area contributed by atoms with Crippen LogP contribution in [0.3, 0.4) is 0 Å². The highest BCUT2D eigenvalue weighted by Crippen LogP contribution is 2.14. The van der Waals surface area contributed by atoms with Crippen molar-refractivity contribution in [1.82, 2.24) is 0 Å². The lowest BCUT2D eigenvalue weighted by atomic mass is 10.2. The first-order chi connectivity index (χ1) is 8.65. The summed E-state index contributed by atoms with van der Waals surface area (Å²) in [7, 11) is 0. The van der Waals surface area contributed by atoms with Gasteiger partial charge in [-0.15, -0.1) is 0 Å². The minimum Gasteiger partial charge on any atom is -0.457 e. The van der Waals surface area contributed by atoms with Crippen LogP contribution in [0.25, 0.3) is 0 Å². The van der Waals surface area contributed by atoms with E-state index in [1.54, 1.807) is 12.1 Å². The van der Waals surface area contributed by atoms with Gasteiger partial charge in [-0.2, -0.15) is 0 Å². The summed E-state index contributed by atoms with van der Waals surface area (Å²) in [6, 6.07) is 6.42. The Kier molecular flexibility index (Phi) is 3.46. The number of aryl methyl sites for hydroxylation is 2. The minimum absolute atomic E-state index is 0.0614. The molecule has 0 aliphatic heterocycles. The number of hydrogen-bond acceptors (Lipinski definition) is 4. The summed E-state index contributed by atoms with van der Waals surface area (Å²) in [5.74, 6) is 0.135. The molecule has 0 radical (unpaired) electrons. The predicted octanol–water partition coefficient (Wildman–Crippen LogP) is 3.06. The van der Waals surface area contributed by atoms with Crippen LogP contribution in [0, 0.1) is 0 Å². The second kappa shape index (κ2) is 5.04. The summed E-state index contributed by atoms with van der Waals surface area (Å²) < 4.78 is 10.5. The van der Waals surface area contributed by atoms with Crippen molar-refractivity contribution in [3.8, 4) is 0 Å². The summed E-state index contributed by atoms with van der Waals surface area (Å²) in [6.45, 7) is 3.82. The molecule has 0 saturated carbocycles. The Morgan fingerprint density at radius 3 is 1.50 bits per heavy atom. The van der Waals surface area contributed by atoms with Crippen LogP contribution in [0.2, 0.25) is 0 Å². The van der Waals surface area contributed by atoms with Gasteiger partial charge >= 0.3 is 0 Å². The van der Waals surface area contributed by atoms with Crippen LogP contribution in [0.1, 0.15) is 46.5 Å². The molecule has 0 amide bonds. The SMILES string of the molecule is CCc1ccc(C(=O)C(=O)c2ccc(CC)o2)o1. The topological polar surface area (TPSA) is 60.4 Å². The molecule has 2 heterocycles. The normalized spacial score (nSPS) is 10.6. The molecule has 2 aromatic heterocycles. The van der Waals surface area contributed by atoms with Crippen LogP contribution >= 0.6 is 0 Å². The molecule has 0 aliphatic rings. The third kappa shape index (κ3) is 2.27. The molecule has 0 bridgehead atoms. The van der Waals surface area contributed by atoms with Crippen molar-refractivity contribution in [2.24, 2.45) is 0 Å². The van der Waals surface area contributed by atoms with E-state index in [4.69, 9.17) is 8.83 Å². The van der Waals surface area contributed by atoms with E-state index in [2.05, 4.69) is 0 Å². The highest BCUT2D eigenvalue weighted by Gasteiger charge is 2.24. The summed E-state index contributed by atoms with van der Waals surface area (Å²) in [4.78, 5) is 23.7. The lowest BCUT2D eigenvalue weighted by molar-refractivity contribution is 0.0783. The Bertz CT molecular complexity index is 522. The van der Waals surface area contributed by atoms with Crippen molar-refractivity contribution in [2.45, 2.75) is 26.7 Å². The lowest BCUT2D eigenvalue weighted by Gasteiger charge is -1.94. The smallest absolute Gasteiger partial charge is 0.271 e. The Morgan fingerprint density at radius 1 is 0.833 bits per heavy atom. The van der Waals surface area contributed by atoms with Gasteiger partial charge in [-0.3, -0.25) is 9.59 Å². The highest BCUT2D eigenvalue weighted by atomic mass is 16.4. The molecular formula is C14H14O4. The van der Waals surface area contributed by atoms with Crippen LogP contribution in [0.4, 0.5) is 0 Å². The minimum atomic E-state index is -0.674. The predicted molar refractivity (Wildman–Crippen MR) is 64.8 cm³/mol. The quantitative estimate of drug-likeness (QED) is 0.601. The third-order valence-electron chi connectivity index (χ3n) is 2.67. The van der Waals surface area contributed by atoms with Gasteiger partial charge in [0.25, 0.3) is 11.6 Å². The molecule has 0 N–H and O–H groups in total. The second-order valence-corrected chi connectivity index (χ2v) is 3.90. The van der Waals surface area contributed by atoms with E-state index in [1.165, 1.54) is 12.1 Å². The number of carbonyl (C=O) groups excluding carboxylic acids is 2. The fourth-order valence-corrected chi connectivity index (χ4v) is 1.60. The fourth-order valence-electron chi connectivity index (χ4n) is 1.60. The van der Waals surface area contributed by atoms with Crippen molar-refractivity contribution in [1.29, 1.82) is 0 Å². The molecular weight excluding hydrogens is 232 g/mol. The zero-order valence-electron chi connectivity index (χ0n) is 10.4. The van der Waals surface area contributed by atoms with E-state index in [0.717, 1.165) is 0 Å². The van der Waals surface area contributed by atoms with Gasteiger partial charge in [-0.1, -0.05) is 13.8 Å². The van der Waals surface area contributed by atoms with Crippen molar-refractivity contribution >= 4 is 11.6 Å². The van der Waals surface area contributed by atoms with Gasteiger partial charge in [0.1, 0.15) is 11.5 Å². The zero-order chi connectivity index (χ0) is 13.1. The average Bonchev–Trinajstić information content (AvgIpc) is 3.05. The van der Waals surface area contributed by atoms with Crippen LogP contribution < -0.4 is 0 Å². The van der Waals surface area contributed by atoms with Gasteiger partial charge < -0.3 is 8.83 Å². The summed E-state index contributed by atoms with van der Waals surface area (Å²) in [5.41, 5.74) is 0. The molecule has 0 atom stereocenters. The van der Waals surface area contributed by atoms with Crippen LogP contribution in [-0.4, -0.2) is 11.6 Å². The molecule has 0 fully saturated rings. The molecule has 2 rings (SSSR count). The monoisotopic (exact) mass is 246 g/mol.